The monoisotopic (exact) mass is 353 g/mol. The number of amides is 2. The predicted octanol–water partition coefficient (Wildman–Crippen LogP) is 1.80. The second-order valence-corrected chi connectivity index (χ2v) is 5.93. The summed E-state index contributed by atoms with van der Waals surface area (Å²) in [6.07, 6.45) is -0.770. The van der Waals surface area contributed by atoms with Crippen molar-refractivity contribution in [2.45, 2.75) is 26.9 Å². The number of hydrogen-bond donors (Lipinski definition) is 3. The zero-order valence-electron chi connectivity index (χ0n) is 14.7. The van der Waals surface area contributed by atoms with Gasteiger partial charge in [-0.2, -0.15) is 15.4 Å². The normalized spacial score (nSPS) is 11.8. The number of hydrazine groups is 1. The van der Waals surface area contributed by atoms with Gasteiger partial charge in [0.2, 0.25) is 0 Å². The molecule has 0 fully saturated rings. The summed E-state index contributed by atoms with van der Waals surface area (Å²) >= 11 is 0. The second kappa shape index (κ2) is 7.22. The van der Waals surface area contributed by atoms with Gasteiger partial charge in [0.1, 0.15) is 16.8 Å². The molecule has 2 amide bonds. The number of aromatic nitrogens is 3. The number of nitrogens with zero attached hydrogens (tertiary/aromatic N) is 2. The van der Waals surface area contributed by atoms with E-state index in [1.807, 2.05) is 26.0 Å². The maximum Gasteiger partial charge on any atom is 0.279 e. The molecule has 3 N–H and O–H groups in total. The van der Waals surface area contributed by atoms with E-state index in [9.17, 15) is 9.59 Å². The summed E-state index contributed by atoms with van der Waals surface area (Å²) in [5.74, 6) is -0.278. The highest BCUT2D eigenvalue weighted by molar-refractivity contribution is 5.98. The number of aromatic amines is 1. The fourth-order valence-corrected chi connectivity index (χ4v) is 2.37. The van der Waals surface area contributed by atoms with Gasteiger partial charge in [0.15, 0.2) is 6.10 Å². The van der Waals surface area contributed by atoms with Crippen LogP contribution in [0.15, 0.2) is 36.4 Å². The number of fused-ring (bicyclic) bond motifs is 1. The first-order chi connectivity index (χ1) is 12.5. The molecule has 134 valence electrons. The van der Waals surface area contributed by atoms with E-state index in [0.29, 0.717) is 22.3 Å². The molecule has 1 unspecified atom stereocenters. The van der Waals surface area contributed by atoms with Crippen molar-refractivity contribution in [3.63, 3.8) is 0 Å². The number of H-pyrrole nitrogens is 1. The summed E-state index contributed by atoms with van der Waals surface area (Å²) in [5, 5.41) is 10.3. The molecule has 0 aliphatic rings. The molecule has 8 nitrogen and oxygen atoms in total. The number of benzene rings is 2. The minimum Gasteiger partial charge on any atom is -0.481 e. The number of carbonyl (C=O) groups excluding carboxylic acids is 2. The molecule has 0 saturated carbocycles. The van der Waals surface area contributed by atoms with Gasteiger partial charge in [-0.3, -0.25) is 20.4 Å². The summed E-state index contributed by atoms with van der Waals surface area (Å²) < 4.78 is 5.69. The Labute approximate surface area is 149 Å². The van der Waals surface area contributed by atoms with Crippen LogP contribution in [0.1, 0.15) is 28.4 Å². The number of aryl methyl sites for hydroxylation is 1. The van der Waals surface area contributed by atoms with Gasteiger partial charge in [0.05, 0.1) is 0 Å². The van der Waals surface area contributed by atoms with Crippen molar-refractivity contribution in [2.75, 3.05) is 0 Å². The summed E-state index contributed by atoms with van der Waals surface area (Å²) in [7, 11) is 0. The van der Waals surface area contributed by atoms with Gasteiger partial charge in [0, 0.05) is 5.56 Å². The average Bonchev–Trinajstić information content (AvgIpc) is 3.10. The van der Waals surface area contributed by atoms with Crippen LogP contribution in [0.4, 0.5) is 0 Å². The van der Waals surface area contributed by atoms with Gasteiger partial charge in [-0.05, 0) is 56.2 Å². The quantitative estimate of drug-likeness (QED) is 0.620. The molecule has 0 aliphatic carbocycles. The van der Waals surface area contributed by atoms with Crippen LogP contribution < -0.4 is 15.6 Å². The summed E-state index contributed by atoms with van der Waals surface area (Å²) in [5.41, 5.74) is 8.36. The number of rotatable bonds is 4. The van der Waals surface area contributed by atoms with Crippen LogP contribution in [0.5, 0.6) is 5.75 Å². The van der Waals surface area contributed by atoms with Gasteiger partial charge in [-0.15, -0.1) is 0 Å². The van der Waals surface area contributed by atoms with E-state index < -0.39 is 17.9 Å². The third-order valence-electron chi connectivity index (χ3n) is 4.11. The molecule has 0 aliphatic heterocycles. The van der Waals surface area contributed by atoms with Crippen LogP contribution in [0.25, 0.3) is 11.0 Å². The zero-order valence-corrected chi connectivity index (χ0v) is 14.7. The SMILES string of the molecule is Cc1cccc(OC(C)C(=O)NNC(=O)c2ccc3n[nH]nc3c2)c1C. The predicted molar refractivity (Wildman–Crippen MR) is 95.5 cm³/mol. The minimum atomic E-state index is -0.770. The van der Waals surface area contributed by atoms with Crippen molar-refractivity contribution in [3.8, 4) is 5.75 Å². The van der Waals surface area contributed by atoms with Crippen LogP contribution in [0.3, 0.4) is 0 Å². The molecule has 0 radical (unpaired) electrons. The van der Waals surface area contributed by atoms with Crippen molar-refractivity contribution in [1.29, 1.82) is 0 Å². The molecule has 3 rings (SSSR count). The molecule has 26 heavy (non-hydrogen) atoms. The molecule has 0 spiro atoms. The first-order valence-corrected chi connectivity index (χ1v) is 8.09. The minimum absolute atomic E-state index is 0.356. The molecule has 0 bridgehead atoms. The van der Waals surface area contributed by atoms with Crippen molar-refractivity contribution in [1.82, 2.24) is 26.3 Å². The molecule has 1 heterocycles. The topological polar surface area (TPSA) is 109 Å². The summed E-state index contributed by atoms with van der Waals surface area (Å²) in [6.45, 7) is 5.51. The van der Waals surface area contributed by atoms with E-state index in [1.54, 1.807) is 31.2 Å². The van der Waals surface area contributed by atoms with Crippen LogP contribution >= 0.6 is 0 Å². The van der Waals surface area contributed by atoms with E-state index in [0.717, 1.165) is 11.1 Å². The van der Waals surface area contributed by atoms with Gasteiger partial charge in [0.25, 0.3) is 11.8 Å². The highest BCUT2D eigenvalue weighted by Gasteiger charge is 2.17. The average molecular weight is 353 g/mol. The van der Waals surface area contributed by atoms with Crippen LogP contribution in [-0.2, 0) is 4.79 Å². The third-order valence-corrected chi connectivity index (χ3v) is 4.11. The number of nitrogens with one attached hydrogen (secondary N) is 3. The fourth-order valence-electron chi connectivity index (χ4n) is 2.37. The van der Waals surface area contributed by atoms with Gasteiger partial charge in [-0.1, -0.05) is 12.1 Å². The van der Waals surface area contributed by atoms with E-state index in [-0.39, 0.29) is 0 Å². The highest BCUT2D eigenvalue weighted by Crippen LogP contribution is 2.21. The number of hydrogen-bond acceptors (Lipinski definition) is 5. The Morgan fingerprint density at radius 3 is 2.65 bits per heavy atom. The van der Waals surface area contributed by atoms with Gasteiger partial charge < -0.3 is 4.74 Å². The standard InChI is InChI=1S/C18H19N5O3/c1-10-5-4-6-16(11(10)2)26-12(3)17(24)21-22-18(25)13-7-8-14-15(9-13)20-23-19-14/h4-9,12H,1-3H3,(H,21,24)(H,22,25)(H,19,20,23). The molecular weight excluding hydrogens is 334 g/mol. The van der Waals surface area contributed by atoms with Crippen molar-refractivity contribution >= 4 is 22.8 Å². The van der Waals surface area contributed by atoms with Gasteiger partial charge >= 0.3 is 0 Å². The van der Waals surface area contributed by atoms with Crippen LogP contribution in [0.2, 0.25) is 0 Å². The molecule has 1 aromatic heterocycles. The fraction of sp³-hybridized carbons (Fsp3) is 0.222. The molecule has 0 saturated heterocycles. The van der Waals surface area contributed by atoms with Crippen LogP contribution in [0, 0.1) is 13.8 Å². The Kier molecular flexibility index (Phi) is 4.83. The molecule has 1 atom stereocenters. The Balaban J connectivity index is 1.58. The number of ether oxygens (including phenoxy) is 1. The van der Waals surface area contributed by atoms with Crippen LogP contribution in [-0.4, -0.2) is 33.3 Å². The maximum absolute atomic E-state index is 12.2. The lowest BCUT2D eigenvalue weighted by molar-refractivity contribution is -0.128. The largest absolute Gasteiger partial charge is 0.481 e. The molecule has 8 heteroatoms. The lowest BCUT2D eigenvalue weighted by atomic mass is 10.1. The third kappa shape index (κ3) is 3.64. The maximum atomic E-state index is 12.2. The van der Waals surface area contributed by atoms with Crippen molar-refractivity contribution in [3.05, 3.63) is 53.1 Å². The first kappa shape index (κ1) is 17.4. The lowest BCUT2D eigenvalue weighted by Gasteiger charge is -2.17. The molecule has 2 aromatic carbocycles. The van der Waals surface area contributed by atoms with E-state index >= 15 is 0 Å². The Morgan fingerprint density at radius 1 is 1.08 bits per heavy atom. The highest BCUT2D eigenvalue weighted by atomic mass is 16.5. The molecular formula is C18H19N5O3. The first-order valence-electron chi connectivity index (χ1n) is 8.09. The molecule has 3 aromatic rings. The van der Waals surface area contributed by atoms with E-state index in [2.05, 4.69) is 26.3 Å². The number of carbonyl (C=O) groups is 2. The Hall–Kier alpha value is -3.42. The zero-order chi connectivity index (χ0) is 18.7. The smallest absolute Gasteiger partial charge is 0.279 e. The Morgan fingerprint density at radius 2 is 1.85 bits per heavy atom. The van der Waals surface area contributed by atoms with E-state index in [4.69, 9.17) is 4.74 Å². The van der Waals surface area contributed by atoms with Crippen molar-refractivity contribution in [2.24, 2.45) is 0 Å². The second-order valence-electron chi connectivity index (χ2n) is 5.93. The summed E-state index contributed by atoms with van der Waals surface area (Å²) in [4.78, 5) is 24.3. The van der Waals surface area contributed by atoms with Crippen molar-refractivity contribution < 1.29 is 14.3 Å². The lowest BCUT2D eigenvalue weighted by Crippen LogP contribution is -2.47. The Bertz CT molecular complexity index is 966. The van der Waals surface area contributed by atoms with E-state index in [1.165, 1.54) is 0 Å². The summed E-state index contributed by atoms with van der Waals surface area (Å²) in [6, 6.07) is 10.5. The van der Waals surface area contributed by atoms with Gasteiger partial charge in [-0.25, -0.2) is 0 Å².